The summed E-state index contributed by atoms with van der Waals surface area (Å²) in [6.07, 6.45) is 5.37. The number of carbonyl (C=O) groups excluding carboxylic acids is 1. The van der Waals surface area contributed by atoms with Crippen LogP contribution in [0.25, 0.3) is 21.8 Å². The first-order chi connectivity index (χ1) is 11.2. The second-order valence-corrected chi connectivity index (χ2v) is 5.27. The number of nitrogens with zero attached hydrogens (tertiary/aromatic N) is 2. The Kier molecular flexibility index (Phi) is 2.94. The number of esters is 1. The molecule has 0 saturated carbocycles. The topological polar surface area (TPSA) is 57.9 Å². The van der Waals surface area contributed by atoms with Crippen LogP contribution in [0.2, 0.25) is 0 Å². The van der Waals surface area contributed by atoms with E-state index in [2.05, 4.69) is 0 Å². The normalized spacial score (nSPS) is 11.3. The molecule has 4 rings (SSSR count). The molecule has 114 valence electrons. The van der Waals surface area contributed by atoms with E-state index in [1.54, 1.807) is 29.8 Å². The number of rotatable bonds is 2. The van der Waals surface area contributed by atoms with Crippen LogP contribution in [0.5, 0.6) is 5.75 Å². The minimum absolute atomic E-state index is 0.0332. The van der Waals surface area contributed by atoms with Crippen LogP contribution in [0.15, 0.2) is 55.0 Å². The van der Waals surface area contributed by atoms with Gasteiger partial charge >= 0.3 is 5.97 Å². The summed E-state index contributed by atoms with van der Waals surface area (Å²) in [5.41, 5.74) is 1.77. The van der Waals surface area contributed by atoms with Crippen molar-refractivity contribution in [3.8, 4) is 5.75 Å². The standard InChI is InChI=1S/C18H14N2O3/c1-2-23-18(22)16-17(21)12-11-19-9-5-3-7-13(19)15(12)14-8-4-6-10-20(14)16/h3-11H,2H2,1H3. The van der Waals surface area contributed by atoms with Crippen molar-refractivity contribution in [3.05, 3.63) is 60.7 Å². The first-order valence-electron chi connectivity index (χ1n) is 7.42. The Balaban J connectivity index is 2.24. The van der Waals surface area contributed by atoms with E-state index >= 15 is 0 Å². The Morgan fingerprint density at radius 2 is 2.09 bits per heavy atom. The van der Waals surface area contributed by atoms with Crippen LogP contribution in [0.3, 0.4) is 0 Å². The van der Waals surface area contributed by atoms with Gasteiger partial charge in [-0.25, -0.2) is 4.79 Å². The van der Waals surface area contributed by atoms with Gasteiger partial charge in [-0.3, -0.25) is 0 Å². The molecule has 5 nitrogen and oxygen atoms in total. The van der Waals surface area contributed by atoms with E-state index < -0.39 is 5.97 Å². The highest BCUT2D eigenvalue weighted by Gasteiger charge is 2.25. The molecule has 23 heavy (non-hydrogen) atoms. The highest BCUT2D eigenvalue weighted by molar-refractivity contribution is 6.10. The van der Waals surface area contributed by atoms with Crippen molar-refractivity contribution in [1.29, 1.82) is 0 Å². The Bertz CT molecular complexity index is 1070. The average Bonchev–Trinajstić information content (AvgIpc) is 2.95. The fourth-order valence-corrected chi connectivity index (χ4v) is 3.03. The van der Waals surface area contributed by atoms with Crippen LogP contribution < -0.4 is 9.51 Å². The Labute approximate surface area is 132 Å². The zero-order valence-electron chi connectivity index (χ0n) is 12.5. The summed E-state index contributed by atoms with van der Waals surface area (Å²) < 4.78 is 8.59. The maximum atomic E-state index is 12.9. The van der Waals surface area contributed by atoms with E-state index in [-0.39, 0.29) is 18.1 Å². The lowest BCUT2D eigenvalue weighted by atomic mass is 10.1. The van der Waals surface area contributed by atoms with Gasteiger partial charge in [-0.2, -0.15) is 4.40 Å². The van der Waals surface area contributed by atoms with Crippen molar-refractivity contribution in [1.82, 2.24) is 4.40 Å². The summed E-state index contributed by atoms with van der Waals surface area (Å²) in [5, 5.41) is 14.2. The highest BCUT2D eigenvalue weighted by atomic mass is 16.5. The molecular formula is C18H14N2O3. The lowest BCUT2D eigenvalue weighted by Crippen LogP contribution is -2.33. The molecule has 5 heteroatoms. The molecule has 4 heterocycles. The highest BCUT2D eigenvalue weighted by Crippen LogP contribution is 2.32. The van der Waals surface area contributed by atoms with Gasteiger partial charge in [-0.1, -0.05) is 6.07 Å². The van der Waals surface area contributed by atoms with E-state index in [4.69, 9.17) is 4.74 Å². The fourth-order valence-electron chi connectivity index (χ4n) is 3.03. The van der Waals surface area contributed by atoms with Crippen molar-refractivity contribution in [3.63, 3.8) is 0 Å². The third-order valence-electron chi connectivity index (χ3n) is 3.97. The molecule has 4 aromatic rings. The van der Waals surface area contributed by atoms with Gasteiger partial charge in [0.1, 0.15) is 0 Å². The van der Waals surface area contributed by atoms with Crippen LogP contribution in [0.1, 0.15) is 17.4 Å². The number of carbonyl (C=O) groups is 1. The molecule has 0 aliphatic rings. The number of ether oxygens (including phenoxy) is 1. The number of fused-ring (bicyclic) bond motifs is 5. The van der Waals surface area contributed by atoms with Gasteiger partial charge in [0.2, 0.25) is 5.52 Å². The van der Waals surface area contributed by atoms with Crippen LogP contribution in [-0.2, 0) is 4.74 Å². The molecule has 0 atom stereocenters. The second-order valence-electron chi connectivity index (χ2n) is 5.27. The van der Waals surface area contributed by atoms with Crippen molar-refractivity contribution < 1.29 is 19.0 Å². The minimum Gasteiger partial charge on any atom is -0.867 e. The molecule has 0 saturated heterocycles. The quantitative estimate of drug-likeness (QED) is 0.421. The predicted octanol–water partition coefficient (Wildman–Crippen LogP) is 2.08. The molecular weight excluding hydrogens is 292 g/mol. The summed E-state index contributed by atoms with van der Waals surface area (Å²) in [4.78, 5) is 12.3. The number of aromatic nitrogens is 2. The molecule has 0 spiro atoms. The molecule has 0 bridgehead atoms. The van der Waals surface area contributed by atoms with Gasteiger partial charge in [0.05, 0.1) is 17.5 Å². The predicted molar refractivity (Wildman–Crippen MR) is 83.5 cm³/mol. The molecule has 0 aromatic carbocycles. The fraction of sp³-hybridized carbons (Fsp3) is 0.111. The molecule has 0 aliphatic carbocycles. The lowest BCUT2D eigenvalue weighted by Gasteiger charge is -2.11. The Hall–Kier alpha value is -3.08. The molecule has 0 aliphatic heterocycles. The van der Waals surface area contributed by atoms with Gasteiger partial charge in [0, 0.05) is 29.9 Å². The first kappa shape index (κ1) is 13.6. The third kappa shape index (κ3) is 1.86. The zero-order valence-corrected chi connectivity index (χ0v) is 12.5. The van der Waals surface area contributed by atoms with E-state index in [1.807, 2.05) is 40.9 Å². The number of hydrogen-bond donors (Lipinski definition) is 0. The van der Waals surface area contributed by atoms with Gasteiger partial charge in [0.15, 0.2) is 6.20 Å². The number of pyridine rings is 3. The summed E-state index contributed by atoms with van der Waals surface area (Å²) >= 11 is 0. The van der Waals surface area contributed by atoms with E-state index in [0.717, 1.165) is 16.4 Å². The van der Waals surface area contributed by atoms with Crippen LogP contribution in [-0.4, -0.2) is 17.0 Å². The zero-order chi connectivity index (χ0) is 16.0. The molecule has 0 unspecified atom stereocenters. The van der Waals surface area contributed by atoms with Crippen LogP contribution >= 0.6 is 0 Å². The lowest BCUT2D eigenvalue weighted by molar-refractivity contribution is -0.520. The second kappa shape index (κ2) is 4.98. The van der Waals surface area contributed by atoms with Crippen molar-refractivity contribution >= 4 is 27.8 Å². The van der Waals surface area contributed by atoms with Crippen LogP contribution in [0, 0.1) is 0 Å². The molecule has 0 N–H and O–H groups in total. The third-order valence-corrected chi connectivity index (χ3v) is 3.97. The molecule has 0 fully saturated rings. The summed E-state index contributed by atoms with van der Waals surface area (Å²) in [5.74, 6) is -0.915. The monoisotopic (exact) mass is 306 g/mol. The van der Waals surface area contributed by atoms with Gasteiger partial charge < -0.3 is 14.2 Å². The van der Waals surface area contributed by atoms with Crippen LogP contribution in [0.4, 0.5) is 0 Å². The van der Waals surface area contributed by atoms with E-state index in [1.165, 1.54) is 0 Å². The molecule has 0 amide bonds. The van der Waals surface area contributed by atoms with Gasteiger partial charge in [-0.15, -0.1) is 0 Å². The SMILES string of the molecule is CCOC(=O)c1c([O-])c2cn3ccccc3c2c2cccc[n+]12. The summed E-state index contributed by atoms with van der Waals surface area (Å²) in [7, 11) is 0. The first-order valence-corrected chi connectivity index (χ1v) is 7.42. The van der Waals surface area contributed by atoms with Crippen molar-refractivity contribution in [2.24, 2.45) is 0 Å². The average molecular weight is 306 g/mol. The Morgan fingerprint density at radius 1 is 1.26 bits per heavy atom. The van der Waals surface area contributed by atoms with Crippen molar-refractivity contribution in [2.45, 2.75) is 6.92 Å². The Morgan fingerprint density at radius 3 is 2.91 bits per heavy atom. The molecule has 4 aromatic heterocycles. The number of hydrogen-bond acceptors (Lipinski definition) is 3. The smallest absolute Gasteiger partial charge is 0.403 e. The maximum Gasteiger partial charge on any atom is 0.403 e. The largest absolute Gasteiger partial charge is 0.867 e. The van der Waals surface area contributed by atoms with Gasteiger partial charge in [-0.05, 0) is 30.9 Å². The minimum atomic E-state index is -0.601. The van der Waals surface area contributed by atoms with E-state index in [0.29, 0.717) is 5.39 Å². The molecule has 0 radical (unpaired) electrons. The van der Waals surface area contributed by atoms with Gasteiger partial charge in [0.25, 0.3) is 5.69 Å². The summed E-state index contributed by atoms with van der Waals surface area (Å²) in [6.45, 7) is 1.95. The van der Waals surface area contributed by atoms with Crippen molar-refractivity contribution in [2.75, 3.05) is 6.61 Å². The summed E-state index contributed by atoms with van der Waals surface area (Å²) in [6, 6.07) is 11.4. The maximum absolute atomic E-state index is 12.9. The van der Waals surface area contributed by atoms with E-state index in [9.17, 15) is 9.90 Å².